The van der Waals surface area contributed by atoms with E-state index in [4.69, 9.17) is 0 Å². The van der Waals surface area contributed by atoms with Gasteiger partial charge in [-0.25, -0.2) is 0 Å². The Morgan fingerprint density at radius 2 is 2.15 bits per heavy atom. The Bertz CT molecular complexity index is 979. The highest BCUT2D eigenvalue weighted by Gasteiger charge is 2.68. The molecule has 26 heavy (non-hydrogen) atoms. The highest BCUT2D eigenvalue weighted by atomic mass is 79.9. The fraction of sp³-hybridized carbons (Fsp3) is 0.571. The van der Waals surface area contributed by atoms with Crippen molar-refractivity contribution in [1.82, 2.24) is 15.2 Å². The van der Waals surface area contributed by atoms with Crippen LogP contribution in [0.25, 0.3) is 10.9 Å². The molecule has 4 nitrogen and oxygen atoms in total. The molecule has 0 radical (unpaired) electrons. The first-order valence-corrected chi connectivity index (χ1v) is 10.5. The first-order valence-electron chi connectivity index (χ1n) is 9.74. The zero-order valence-corrected chi connectivity index (χ0v) is 16.9. The lowest BCUT2D eigenvalue weighted by Gasteiger charge is -2.65. The van der Waals surface area contributed by atoms with Crippen LogP contribution in [0.3, 0.4) is 0 Å². The molecule has 1 aromatic heterocycles. The zero-order valence-electron chi connectivity index (χ0n) is 15.3. The normalized spacial score (nSPS) is 37.3. The van der Waals surface area contributed by atoms with Gasteiger partial charge >= 0.3 is 0 Å². The number of piperazine rings is 1. The van der Waals surface area contributed by atoms with E-state index >= 15 is 0 Å². The lowest BCUT2D eigenvalue weighted by molar-refractivity contribution is -0.160. The summed E-state index contributed by atoms with van der Waals surface area (Å²) in [7, 11) is 0. The molecule has 0 saturated carbocycles. The van der Waals surface area contributed by atoms with Crippen molar-refractivity contribution in [1.29, 1.82) is 0 Å². The SMILES string of the molecule is CC1(C)c2[nH]c3cc(Br)ccc3c2CC23CN4CCCC4(CC21)C(=O)N3. The quantitative estimate of drug-likeness (QED) is 0.694. The van der Waals surface area contributed by atoms with Crippen LogP contribution in [-0.2, 0) is 16.6 Å². The topological polar surface area (TPSA) is 48.1 Å². The van der Waals surface area contributed by atoms with Crippen LogP contribution in [-0.4, -0.2) is 40.0 Å². The second kappa shape index (κ2) is 4.56. The first-order chi connectivity index (χ1) is 12.4. The molecule has 3 unspecified atom stereocenters. The van der Waals surface area contributed by atoms with Crippen molar-refractivity contribution in [3.63, 3.8) is 0 Å². The molecule has 4 fully saturated rings. The number of amides is 1. The number of carbonyl (C=O) groups is 1. The third-order valence-electron chi connectivity index (χ3n) is 7.97. The van der Waals surface area contributed by atoms with E-state index in [0.717, 1.165) is 43.2 Å². The molecular weight excluding hydrogens is 390 g/mol. The molecule has 3 atom stereocenters. The highest BCUT2D eigenvalue weighted by Crippen LogP contribution is 2.58. The Labute approximate surface area is 161 Å². The molecule has 5 heterocycles. The van der Waals surface area contributed by atoms with Crippen LogP contribution in [0.15, 0.2) is 22.7 Å². The Kier molecular flexibility index (Phi) is 2.75. The van der Waals surface area contributed by atoms with Crippen LogP contribution in [0.5, 0.6) is 0 Å². The second-order valence-electron chi connectivity index (χ2n) is 9.49. The van der Waals surface area contributed by atoms with Gasteiger partial charge in [0.05, 0.1) is 5.54 Å². The molecular formula is C21H24BrN3O. The summed E-state index contributed by atoms with van der Waals surface area (Å²) < 4.78 is 1.10. The Balaban J connectivity index is 1.59. The van der Waals surface area contributed by atoms with Gasteiger partial charge in [0.2, 0.25) is 5.91 Å². The summed E-state index contributed by atoms with van der Waals surface area (Å²) >= 11 is 3.60. The van der Waals surface area contributed by atoms with Gasteiger partial charge in [0, 0.05) is 33.0 Å². The summed E-state index contributed by atoms with van der Waals surface area (Å²) in [6.07, 6.45) is 4.12. The smallest absolute Gasteiger partial charge is 0.241 e. The Hall–Kier alpha value is -1.33. The van der Waals surface area contributed by atoms with E-state index in [1.807, 2.05) is 0 Å². The standard InChI is InChI=1S/C21H24BrN3O/c1-19(2)16-10-21-6-3-7-25(21)11-20(16,24-18(21)26)9-14-13-5-4-12(22)8-15(13)23-17(14)19/h4-5,8,16,23H,3,6-7,9-11H2,1-2H3,(H,24,26). The summed E-state index contributed by atoms with van der Waals surface area (Å²) in [5.74, 6) is 0.769. The number of H-pyrrole nitrogens is 1. The molecule has 2 aromatic rings. The molecule has 4 aliphatic heterocycles. The molecule has 5 heteroatoms. The van der Waals surface area contributed by atoms with Crippen LogP contribution in [0.4, 0.5) is 0 Å². The van der Waals surface area contributed by atoms with Crippen molar-refractivity contribution in [2.24, 2.45) is 5.92 Å². The number of nitrogens with zero attached hydrogens (tertiary/aromatic N) is 1. The summed E-state index contributed by atoms with van der Waals surface area (Å²) in [6.45, 7) is 6.85. The van der Waals surface area contributed by atoms with Gasteiger partial charge < -0.3 is 10.3 Å². The predicted octanol–water partition coefficient (Wildman–Crippen LogP) is 3.49. The number of benzene rings is 1. The molecule has 1 aromatic carbocycles. The van der Waals surface area contributed by atoms with Crippen molar-refractivity contribution < 1.29 is 4.79 Å². The van der Waals surface area contributed by atoms with Crippen LogP contribution in [0.1, 0.15) is 44.4 Å². The largest absolute Gasteiger partial charge is 0.358 e. The number of hydrogen-bond acceptors (Lipinski definition) is 2. The minimum absolute atomic E-state index is 0.0223. The zero-order chi connectivity index (χ0) is 17.9. The highest BCUT2D eigenvalue weighted by molar-refractivity contribution is 9.10. The van der Waals surface area contributed by atoms with E-state index < -0.39 is 0 Å². The summed E-state index contributed by atoms with van der Waals surface area (Å²) in [5, 5.41) is 4.86. The van der Waals surface area contributed by atoms with E-state index in [2.05, 4.69) is 63.2 Å². The van der Waals surface area contributed by atoms with E-state index in [-0.39, 0.29) is 16.5 Å². The van der Waals surface area contributed by atoms with Gasteiger partial charge in [-0.1, -0.05) is 35.8 Å². The average molecular weight is 414 g/mol. The molecule has 5 aliphatic rings. The average Bonchev–Trinajstić information content (AvgIpc) is 3.15. The number of hydrogen-bond donors (Lipinski definition) is 2. The molecule has 2 bridgehead atoms. The van der Waals surface area contributed by atoms with Crippen LogP contribution in [0, 0.1) is 5.92 Å². The van der Waals surface area contributed by atoms with Gasteiger partial charge in [-0.15, -0.1) is 0 Å². The summed E-state index contributed by atoms with van der Waals surface area (Å²) in [5.41, 5.74) is 3.64. The van der Waals surface area contributed by atoms with Crippen molar-refractivity contribution in [3.05, 3.63) is 33.9 Å². The minimum Gasteiger partial charge on any atom is -0.358 e. The van der Waals surface area contributed by atoms with Crippen molar-refractivity contribution in [2.45, 2.75) is 56.0 Å². The first kappa shape index (κ1) is 15.7. The van der Waals surface area contributed by atoms with Crippen molar-refractivity contribution >= 4 is 32.7 Å². The number of aromatic nitrogens is 1. The maximum atomic E-state index is 13.1. The number of carbonyl (C=O) groups excluding carboxylic acids is 1. The van der Waals surface area contributed by atoms with Crippen LogP contribution in [0.2, 0.25) is 0 Å². The van der Waals surface area contributed by atoms with Gasteiger partial charge in [-0.3, -0.25) is 9.69 Å². The third kappa shape index (κ3) is 1.64. The Morgan fingerprint density at radius 3 is 3.00 bits per heavy atom. The number of rotatable bonds is 0. The fourth-order valence-corrected chi connectivity index (χ4v) is 7.18. The summed E-state index contributed by atoms with van der Waals surface area (Å²) in [6, 6.07) is 6.52. The van der Waals surface area contributed by atoms with Gasteiger partial charge in [0.15, 0.2) is 0 Å². The maximum absolute atomic E-state index is 13.1. The van der Waals surface area contributed by atoms with Gasteiger partial charge in [0.1, 0.15) is 5.54 Å². The van der Waals surface area contributed by atoms with E-state index in [0.29, 0.717) is 11.8 Å². The molecule has 136 valence electrons. The van der Waals surface area contributed by atoms with E-state index in [9.17, 15) is 4.79 Å². The second-order valence-corrected chi connectivity index (χ2v) is 10.4. The van der Waals surface area contributed by atoms with Gasteiger partial charge in [0.25, 0.3) is 0 Å². The molecule has 2 spiro atoms. The third-order valence-corrected chi connectivity index (χ3v) is 8.46. The molecule has 7 rings (SSSR count). The number of piperidine rings is 2. The monoisotopic (exact) mass is 413 g/mol. The van der Waals surface area contributed by atoms with Gasteiger partial charge in [-0.2, -0.15) is 0 Å². The molecule has 1 aliphatic carbocycles. The fourth-order valence-electron chi connectivity index (χ4n) is 6.82. The number of nitrogens with one attached hydrogen (secondary N) is 2. The van der Waals surface area contributed by atoms with Crippen molar-refractivity contribution in [2.75, 3.05) is 13.1 Å². The number of halogens is 1. The van der Waals surface area contributed by atoms with Crippen LogP contribution >= 0.6 is 15.9 Å². The molecule has 4 saturated heterocycles. The van der Waals surface area contributed by atoms with Crippen molar-refractivity contribution in [3.8, 4) is 0 Å². The number of fused-ring (bicyclic) bond motifs is 4. The lowest BCUT2D eigenvalue weighted by atomic mass is 9.51. The minimum atomic E-state index is -0.240. The van der Waals surface area contributed by atoms with Gasteiger partial charge in [-0.05, 0) is 55.8 Å². The molecule has 2 N–H and O–H groups in total. The summed E-state index contributed by atoms with van der Waals surface area (Å²) in [4.78, 5) is 19.4. The Morgan fingerprint density at radius 1 is 1.31 bits per heavy atom. The van der Waals surface area contributed by atoms with Crippen LogP contribution < -0.4 is 5.32 Å². The maximum Gasteiger partial charge on any atom is 0.241 e. The number of aromatic amines is 1. The molecule has 1 amide bonds. The van der Waals surface area contributed by atoms with E-state index in [1.165, 1.54) is 22.2 Å². The lowest BCUT2D eigenvalue weighted by Crippen LogP contribution is -2.82. The predicted molar refractivity (Wildman–Crippen MR) is 105 cm³/mol. The van der Waals surface area contributed by atoms with E-state index in [1.54, 1.807) is 0 Å².